The Hall–Kier alpha value is -2.49. The van der Waals surface area contributed by atoms with Crippen LogP contribution in [0.5, 0.6) is 5.75 Å². The zero-order chi connectivity index (χ0) is 20.1. The smallest absolute Gasteiger partial charge is 0.265 e. The minimum absolute atomic E-state index is 0.153. The van der Waals surface area contributed by atoms with Crippen LogP contribution in [-0.4, -0.2) is 51.0 Å². The first-order valence-electron chi connectivity index (χ1n) is 8.78. The number of nitrogens with one attached hydrogen (secondary N) is 1. The highest BCUT2D eigenvalue weighted by Gasteiger charge is 2.29. The minimum Gasteiger partial charge on any atom is -0.481 e. The van der Waals surface area contributed by atoms with Crippen LogP contribution in [0.2, 0.25) is 0 Å². The van der Waals surface area contributed by atoms with Crippen molar-refractivity contribution >= 4 is 21.6 Å². The van der Waals surface area contributed by atoms with E-state index in [1.54, 1.807) is 31.2 Å². The van der Waals surface area contributed by atoms with Crippen molar-refractivity contribution in [1.29, 1.82) is 0 Å². The average molecular weight is 408 g/mol. The molecular weight excluding hydrogens is 387 g/mol. The number of amides is 1. The van der Waals surface area contributed by atoms with Crippen molar-refractivity contribution in [3.8, 4) is 5.75 Å². The Morgan fingerprint density at radius 3 is 2.54 bits per heavy atom. The third-order valence-corrected chi connectivity index (χ3v) is 6.13. The molecule has 1 amide bonds. The molecule has 2 aromatic rings. The molecule has 0 saturated carbocycles. The molecule has 1 atom stereocenters. The Morgan fingerprint density at radius 2 is 1.86 bits per heavy atom. The van der Waals surface area contributed by atoms with Crippen molar-refractivity contribution in [2.24, 2.45) is 0 Å². The van der Waals surface area contributed by atoms with Crippen LogP contribution in [0.25, 0.3) is 0 Å². The molecule has 1 aliphatic rings. The summed E-state index contributed by atoms with van der Waals surface area (Å²) in [4.78, 5) is 11.9. The van der Waals surface area contributed by atoms with Crippen LogP contribution in [0, 0.1) is 5.82 Å². The number of morpholine rings is 1. The van der Waals surface area contributed by atoms with Gasteiger partial charge in [0.1, 0.15) is 16.5 Å². The van der Waals surface area contributed by atoms with Crippen molar-refractivity contribution in [1.82, 2.24) is 4.31 Å². The predicted octanol–water partition coefficient (Wildman–Crippen LogP) is 2.25. The van der Waals surface area contributed by atoms with Gasteiger partial charge in [-0.3, -0.25) is 4.79 Å². The third-order valence-electron chi connectivity index (χ3n) is 4.21. The average Bonchev–Trinajstić information content (AvgIpc) is 2.70. The number of ether oxygens (including phenoxy) is 2. The summed E-state index contributed by atoms with van der Waals surface area (Å²) in [5.41, 5.74) is 0.168. The molecular formula is C19H21FN2O5S. The lowest BCUT2D eigenvalue weighted by molar-refractivity contribution is -0.122. The fourth-order valence-electron chi connectivity index (χ4n) is 2.71. The number of halogens is 1. The monoisotopic (exact) mass is 408 g/mol. The number of nitrogens with zero attached hydrogens (tertiary/aromatic N) is 1. The number of hydrogen-bond donors (Lipinski definition) is 1. The molecule has 3 rings (SSSR count). The molecule has 28 heavy (non-hydrogen) atoms. The lowest BCUT2D eigenvalue weighted by Crippen LogP contribution is -2.41. The van der Waals surface area contributed by atoms with Crippen LogP contribution in [0.1, 0.15) is 6.92 Å². The number of carbonyl (C=O) groups excluding carboxylic acids is 1. The quantitative estimate of drug-likeness (QED) is 0.793. The Morgan fingerprint density at radius 1 is 1.18 bits per heavy atom. The van der Waals surface area contributed by atoms with E-state index >= 15 is 0 Å². The van der Waals surface area contributed by atoms with Crippen molar-refractivity contribution < 1.29 is 27.1 Å². The predicted molar refractivity (Wildman–Crippen MR) is 101 cm³/mol. The van der Waals surface area contributed by atoms with Crippen LogP contribution in [0.3, 0.4) is 0 Å². The summed E-state index contributed by atoms with van der Waals surface area (Å²) in [7, 11) is -4.02. The van der Waals surface area contributed by atoms with E-state index in [2.05, 4.69) is 5.32 Å². The number of sulfonamides is 1. The molecule has 1 fully saturated rings. The number of hydrogen-bond acceptors (Lipinski definition) is 5. The second-order valence-electron chi connectivity index (χ2n) is 6.22. The van der Waals surface area contributed by atoms with Gasteiger partial charge in [0, 0.05) is 18.8 Å². The van der Waals surface area contributed by atoms with Crippen molar-refractivity contribution in [2.75, 3.05) is 31.6 Å². The van der Waals surface area contributed by atoms with Crippen LogP contribution >= 0.6 is 0 Å². The molecule has 1 saturated heterocycles. The van der Waals surface area contributed by atoms with E-state index in [9.17, 15) is 17.6 Å². The number of anilines is 1. The van der Waals surface area contributed by atoms with Crippen molar-refractivity contribution in [3.05, 3.63) is 54.3 Å². The maximum atomic E-state index is 14.2. The molecule has 0 spiro atoms. The molecule has 0 bridgehead atoms. The maximum Gasteiger partial charge on any atom is 0.265 e. The van der Waals surface area contributed by atoms with Gasteiger partial charge in [-0.05, 0) is 37.3 Å². The number of para-hydroxylation sites is 1. The van der Waals surface area contributed by atoms with Gasteiger partial charge in [0.25, 0.3) is 5.91 Å². The summed E-state index contributed by atoms with van der Waals surface area (Å²) in [6.07, 6.45) is -0.827. The Labute approximate surface area is 163 Å². The summed E-state index contributed by atoms with van der Waals surface area (Å²) in [5, 5.41) is 2.57. The first-order chi connectivity index (χ1) is 13.4. The minimum atomic E-state index is -4.02. The van der Waals surface area contributed by atoms with Crippen molar-refractivity contribution in [3.63, 3.8) is 0 Å². The third kappa shape index (κ3) is 4.67. The molecule has 1 aliphatic heterocycles. The van der Waals surface area contributed by atoms with E-state index in [4.69, 9.17) is 9.47 Å². The second-order valence-corrected chi connectivity index (χ2v) is 8.13. The second kappa shape index (κ2) is 8.68. The normalized spacial score (nSPS) is 16.4. The fraction of sp³-hybridized carbons (Fsp3) is 0.316. The molecule has 2 aromatic carbocycles. The molecule has 9 heteroatoms. The number of carbonyl (C=O) groups is 1. The summed E-state index contributed by atoms with van der Waals surface area (Å²) in [6.45, 7) is 2.38. The van der Waals surface area contributed by atoms with E-state index in [1.807, 2.05) is 6.07 Å². The van der Waals surface area contributed by atoms with Gasteiger partial charge < -0.3 is 14.8 Å². The molecule has 0 unspecified atom stereocenters. The first kappa shape index (κ1) is 20.2. The molecule has 0 aromatic heterocycles. The Balaban J connectivity index is 1.74. The highest BCUT2D eigenvalue weighted by molar-refractivity contribution is 7.89. The van der Waals surface area contributed by atoms with Gasteiger partial charge in [0.15, 0.2) is 6.10 Å². The topological polar surface area (TPSA) is 84.9 Å². The SMILES string of the molecule is C[C@H](Oc1ccccc1)C(=O)Nc1ccc(F)c(S(=O)(=O)N2CCOCC2)c1. The number of benzene rings is 2. The highest BCUT2D eigenvalue weighted by Crippen LogP contribution is 2.24. The Kier molecular flexibility index (Phi) is 6.28. The van der Waals surface area contributed by atoms with E-state index in [-0.39, 0.29) is 32.0 Å². The lowest BCUT2D eigenvalue weighted by atomic mass is 10.3. The van der Waals surface area contributed by atoms with Crippen LogP contribution in [0.15, 0.2) is 53.4 Å². The number of rotatable bonds is 6. The summed E-state index contributed by atoms with van der Waals surface area (Å²) in [5.74, 6) is -0.830. The molecule has 1 heterocycles. The van der Waals surface area contributed by atoms with E-state index < -0.39 is 32.7 Å². The van der Waals surface area contributed by atoms with Gasteiger partial charge in [-0.1, -0.05) is 18.2 Å². The van der Waals surface area contributed by atoms with Gasteiger partial charge in [0.2, 0.25) is 10.0 Å². The van der Waals surface area contributed by atoms with Gasteiger partial charge in [0.05, 0.1) is 13.2 Å². The van der Waals surface area contributed by atoms with Gasteiger partial charge in [-0.2, -0.15) is 4.31 Å². The lowest BCUT2D eigenvalue weighted by Gasteiger charge is -2.26. The van der Waals surface area contributed by atoms with Gasteiger partial charge >= 0.3 is 0 Å². The van der Waals surface area contributed by atoms with Crippen LogP contribution < -0.4 is 10.1 Å². The Bertz CT molecular complexity index is 931. The van der Waals surface area contributed by atoms with Crippen molar-refractivity contribution in [2.45, 2.75) is 17.9 Å². The first-order valence-corrected chi connectivity index (χ1v) is 10.2. The zero-order valence-electron chi connectivity index (χ0n) is 15.3. The van der Waals surface area contributed by atoms with Crippen LogP contribution in [-0.2, 0) is 19.6 Å². The van der Waals surface area contributed by atoms with E-state index in [0.717, 1.165) is 12.1 Å². The molecule has 0 radical (unpaired) electrons. The van der Waals surface area contributed by atoms with E-state index in [1.165, 1.54) is 10.4 Å². The highest BCUT2D eigenvalue weighted by atomic mass is 32.2. The maximum absolute atomic E-state index is 14.2. The largest absolute Gasteiger partial charge is 0.481 e. The summed E-state index contributed by atoms with van der Waals surface area (Å²) >= 11 is 0. The van der Waals surface area contributed by atoms with Gasteiger partial charge in [-0.25, -0.2) is 12.8 Å². The molecule has 1 N–H and O–H groups in total. The summed E-state index contributed by atoms with van der Waals surface area (Å²) in [6, 6.07) is 12.3. The molecule has 150 valence electrons. The fourth-order valence-corrected chi connectivity index (χ4v) is 4.20. The molecule has 7 nitrogen and oxygen atoms in total. The van der Waals surface area contributed by atoms with Crippen LogP contribution in [0.4, 0.5) is 10.1 Å². The van der Waals surface area contributed by atoms with E-state index in [0.29, 0.717) is 5.75 Å². The summed E-state index contributed by atoms with van der Waals surface area (Å²) < 4.78 is 51.5. The standard InChI is InChI=1S/C19H21FN2O5S/c1-14(27-16-5-3-2-4-6-16)19(23)21-15-7-8-17(20)18(13-15)28(24,25)22-9-11-26-12-10-22/h2-8,13-14H,9-12H2,1H3,(H,21,23)/t14-/m0/s1. The zero-order valence-corrected chi connectivity index (χ0v) is 16.1. The molecule has 0 aliphatic carbocycles. The van der Waals surface area contributed by atoms with Gasteiger partial charge in [-0.15, -0.1) is 0 Å².